The van der Waals surface area contributed by atoms with Gasteiger partial charge in [-0.3, -0.25) is 14.7 Å². The van der Waals surface area contributed by atoms with Gasteiger partial charge < -0.3 is 14.4 Å². The molecule has 0 atom stereocenters. The number of fused-ring (bicyclic) bond motifs is 1. The number of ether oxygens (including phenoxy) is 2. The third-order valence-electron chi connectivity index (χ3n) is 5.47. The van der Waals surface area contributed by atoms with Crippen molar-refractivity contribution < 1.29 is 14.3 Å². The molecule has 0 aliphatic carbocycles. The molecule has 0 bridgehead atoms. The lowest BCUT2D eigenvalue weighted by molar-refractivity contribution is 0.0627. The Morgan fingerprint density at radius 1 is 1.00 bits per heavy atom. The number of nitrogens with zero attached hydrogens (tertiary/aromatic N) is 3. The normalized spacial score (nSPS) is 14.6. The molecule has 8 heteroatoms. The fraction of sp³-hybridized carbons (Fsp3) is 0.304. The molecule has 3 aromatic rings. The van der Waals surface area contributed by atoms with Gasteiger partial charge in [-0.15, -0.1) is 0 Å². The predicted molar refractivity (Wildman–Crippen MR) is 122 cm³/mol. The minimum absolute atomic E-state index is 0.130. The molecular weight excluding hydrogens is 437 g/mol. The largest absolute Gasteiger partial charge is 0.497 e. The van der Waals surface area contributed by atoms with Crippen LogP contribution in [-0.2, 0) is 6.54 Å². The van der Waals surface area contributed by atoms with Gasteiger partial charge in [-0.2, -0.15) is 0 Å². The number of hydrogen-bond acceptors (Lipinski definition) is 5. The molecule has 1 saturated heterocycles. The number of aromatic nitrogens is 1. The molecular formula is C23H23Cl2N3O3. The van der Waals surface area contributed by atoms with Gasteiger partial charge >= 0.3 is 0 Å². The lowest BCUT2D eigenvalue weighted by Crippen LogP contribution is -2.48. The quantitative estimate of drug-likeness (QED) is 0.561. The summed E-state index contributed by atoms with van der Waals surface area (Å²) in [4.78, 5) is 21.7. The fourth-order valence-corrected chi connectivity index (χ4v) is 4.36. The average Bonchev–Trinajstić information content (AvgIpc) is 2.78. The lowest BCUT2D eigenvalue weighted by atomic mass is 10.1. The summed E-state index contributed by atoms with van der Waals surface area (Å²) >= 11 is 12.4. The number of carbonyl (C=O) groups is 1. The zero-order valence-corrected chi connectivity index (χ0v) is 18.9. The number of methoxy groups -OCH3 is 2. The predicted octanol–water partition coefficient (Wildman–Crippen LogP) is 4.52. The van der Waals surface area contributed by atoms with E-state index in [0.717, 1.165) is 41.2 Å². The molecule has 4 rings (SSSR count). The second kappa shape index (κ2) is 9.30. The average molecular weight is 460 g/mol. The molecule has 6 nitrogen and oxygen atoms in total. The highest BCUT2D eigenvalue weighted by molar-refractivity contribution is 6.39. The number of piperazine rings is 1. The molecule has 1 aromatic heterocycles. The Balaban J connectivity index is 1.45. The Kier molecular flexibility index (Phi) is 6.51. The van der Waals surface area contributed by atoms with Crippen molar-refractivity contribution in [2.24, 2.45) is 0 Å². The Bertz CT molecular complexity index is 1090. The number of pyridine rings is 1. The van der Waals surface area contributed by atoms with Crippen LogP contribution in [0.2, 0.25) is 10.0 Å². The van der Waals surface area contributed by atoms with Gasteiger partial charge in [-0.1, -0.05) is 29.3 Å². The Hall–Kier alpha value is -2.54. The zero-order chi connectivity index (χ0) is 22.0. The maximum atomic E-state index is 12.9. The summed E-state index contributed by atoms with van der Waals surface area (Å²) in [6, 6.07) is 12.8. The first-order chi connectivity index (χ1) is 15.0. The number of amides is 1. The van der Waals surface area contributed by atoms with E-state index in [0.29, 0.717) is 35.2 Å². The molecule has 1 amide bonds. The van der Waals surface area contributed by atoms with Crippen LogP contribution in [0, 0.1) is 0 Å². The van der Waals surface area contributed by atoms with E-state index in [1.54, 1.807) is 37.3 Å². The highest BCUT2D eigenvalue weighted by atomic mass is 35.5. The molecule has 2 heterocycles. The van der Waals surface area contributed by atoms with Crippen LogP contribution in [0.4, 0.5) is 0 Å². The van der Waals surface area contributed by atoms with Gasteiger partial charge in [-0.25, -0.2) is 0 Å². The second-order valence-electron chi connectivity index (χ2n) is 7.36. The van der Waals surface area contributed by atoms with Crippen molar-refractivity contribution in [3.63, 3.8) is 0 Å². The lowest BCUT2D eigenvalue weighted by Gasteiger charge is -2.35. The summed E-state index contributed by atoms with van der Waals surface area (Å²) in [6.45, 7) is 3.34. The van der Waals surface area contributed by atoms with Gasteiger partial charge in [-0.05, 0) is 30.3 Å². The summed E-state index contributed by atoms with van der Waals surface area (Å²) in [7, 11) is 3.29. The third-order valence-corrected chi connectivity index (χ3v) is 6.10. The SMILES string of the molecule is COc1ccc2nc(CN3CCN(C(=O)c4c(Cl)cccc4Cl)CC3)cc(OC)c2c1. The summed E-state index contributed by atoms with van der Waals surface area (Å²) in [5, 5.41) is 1.67. The van der Waals surface area contributed by atoms with E-state index in [1.807, 2.05) is 24.3 Å². The van der Waals surface area contributed by atoms with Gasteiger partial charge in [0.2, 0.25) is 0 Å². The van der Waals surface area contributed by atoms with Crippen molar-refractivity contribution in [2.45, 2.75) is 6.54 Å². The number of benzene rings is 2. The molecule has 0 radical (unpaired) electrons. The van der Waals surface area contributed by atoms with Crippen molar-refractivity contribution in [3.8, 4) is 11.5 Å². The van der Waals surface area contributed by atoms with Gasteiger partial charge in [0.25, 0.3) is 5.91 Å². The standard InChI is InChI=1S/C23H23Cl2N3O3/c1-30-16-6-7-20-17(13-16)21(31-2)12-15(26-20)14-27-8-10-28(11-9-27)23(29)22-18(24)4-3-5-19(22)25/h3-7,12-13H,8-11,14H2,1-2H3. The van der Waals surface area contributed by atoms with E-state index in [1.165, 1.54) is 0 Å². The Morgan fingerprint density at radius 3 is 2.35 bits per heavy atom. The van der Waals surface area contributed by atoms with E-state index < -0.39 is 0 Å². The first kappa shape index (κ1) is 21.7. The monoisotopic (exact) mass is 459 g/mol. The number of halogens is 2. The van der Waals surface area contributed by atoms with Crippen molar-refractivity contribution in [1.82, 2.24) is 14.8 Å². The van der Waals surface area contributed by atoms with Gasteiger partial charge in [0.1, 0.15) is 11.5 Å². The molecule has 1 fully saturated rings. The number of carbonyl (C=O) groups excluding carboxylic acids is 1. The van der Waals surface area contributed by atoms with E-state index in [4.69, 9.17) is 37.7 Å². The van der Waals surface area contributed by atoms with Gasteiger partial charge in [0, 0.05) is 44.2 Å². The minimum Gasteiger partial charge on any atom is -0.497 e. The molecule has 1 aliphatic heterocycles. The number of hydrogen-bond donors (Lipinski definition) is 0. The van der Waals surface area contributed by atoms with Crippen LogP contribution >= 0.6 is 23.2 Å². The summed E-state index contributed by atoms with van der Waals surface area (Å²) < 4.78 is 10.9. The molecule has 0 unspecified atom stereocenters. The first-order valence-electron chi connectivity index (χ1n) is 9.97. The van der Waals surface area contributed by atoms with Gasteiger partial charge in [0.15, 0.2) is 0 Å². The van der Waals surface area contributed by atoms with E-state index in [2.05, 4.69) is 4.90 Å². The Morgan fingerprint density at radius 2 is 1.71 bits per heavy atom. The van der Waals surface area contributed by atoms with Crippen molar-refractivity contribution in [2.75, 3.05) is 40.4 Å². The van der Waals surface area contributed by atoms with E-state index >= 15 is 0 Å². The molecule has 162 valence electrons. The third kappa shape index (κ3) is 4.56. The highest BCUT2D eigenvalue weighted by Gasteiger charge is 2.25. The molecule has 0 spiro atoms. The van der Waals surface area contributed by atoms with Crippen molar-refractivity contribution in [3.05, 3.63) is 63.8 Å². The van der Waals surface area contributed by atoms with Gasteiger partial charge in [0.05, 0.1) is 41.0 Å². The maximum absolute atomic E-state index is 12.9. The van der Waals surface area contributed by atoms with Crippen molar-refractivity contribution in [1.29, 1.82) is 0 Å². The summed E-state index contributed by atoms with van der Waals surface area (Å²) in [5.74, 6) is 1.40. The summed E-state index contributed by atoms with van der Waals surface area (Å²) in [5.41, 5.74) is 2.15. The summed E-state index contributed by atoms with van der Waals surface area (Å²) in [6.07, 6.45) is 0. The van der Waals surface area contributed by atoms with Crippen LogP contribution in [0.5, 0.6) is 11.5 Å². The van der Waals surface area contributed by atoms with E-state index in [9.17, 15) is 4.79 Å². The minimum atomic E-state index is -0.130. The zero-order valence-electron chi connectivity index (χ0n) is 17.4. The van der Waals surface area contributed by atoms with Crippen LogP contribution in [-0.4, -0.2) is 61.1 Å². The molecule has 0 saturated carbocycles. The van der Waals surface area contributed by atoms with Crippen LogP contribution in [0.25, 0.3) is 10.9 Å². The number of rotatable bonds is 5. The van der Waals surface area contributed by atoms with Crippen molar-refractivity contribution >= 4 is 40.0 Å². The topological polar surface area (TPSA) is 54.9 Å². The van der Waals surface area contributed by atoms with Crippen LogP contribution < -0.4 is 9.47 Å². The maximum Gasteiger partial charge on any atom is 0.256 e. The smallest absolute Gasteiger partial charge is 0.256 e. The molecule has 1 aliphatic rings. The van der Waals surface area contributed by atoms with Crippen LogP contribution in [0.15, 0.2) is 42.5 Å². The van der Waals surface area contributed by atoms with Crippen LogP contribution in [0.3, 0.4) is 0 Å². The van der Waals surface area contributed by atoms with Crippen LogP contribution in [0.1, 0.15) is 16.1 Å². The second-order valence-corrected chi connectivity index (χ2v) is 8.18. The highest BCUT2D eigenvalue weighted by Crippen LogP contribution is 2.30. The molecule has 31 heavy (non-hydrogen) atoms. The van der Waals surface area contributed by atoms with E-state index in [-0.39, 0.29) is 5.91 Å². The fourth-order valence-electron chi connectivity index (χ4n) is 3.80. The first-order valence-corrected chi connectivity index (χ1v) is 10.7. The molecule has 2 aromatic carbocycles. The molecule has 0 N–H and O–H groups in total. The Labute approximate surface area is 191 Å².